The van der Waals surface area contributed by atoms with Gasteiger partial charge in [-0.1, -0.05) is 19.9 Å². The summed E-state index contributed by atoms with van der Waals surface area (Å²) in [5.41, 5.74) is 6.04. The zero-order chi connectivity index (χ0) is 16.0. The largest absolute Gasteiger partial charge is 0.350 e. The Morgan fingerprint density at radius 3 is 2.36 bits per heavy atom. The molecule has 1 atom stereocenters. The van der Waals surface area contributed by atoms with Crippen LogP contribution in [-0.2, 0) is 16.1 Å². The van der Waals surface area contributed by atoms with Gasteiger partial charge in [-0.05, 0) is 23.6 Å². The zero-order valence-electron chi connectivity index (χ0n) is 12.4. The van der Waals surface area contributed by atoms with Gasteiger partial charge in [-0.2, -0.15) is 0 Å². The number of nitrogens with two attached hydrogens (primary N) is 1. The van der Waals surface area contributed by atoms with Crippen molar-refractivity contribution in [3.63, 3.8) is 0 Å². The van der Waals surface area contributed by atoms with Crippen LogP contribution in [0.5, 0.6) is 0 Å². The van der Waals surface area contributed by atoms with E-state index in [1.54, 1.807) is 13.8 Å². The van der Waals surface area contributed by atoms with E-state index in [1.165, 1.54) is 6.07 Å². The van der Waals surface area contributed by atoms with Gasteiger partial charge in [0.2, 0.25) is 11.8 Å². The molecule has 124 valence electrons. The summed E-state index contributed by atoms with van der Waals surface area (Å²) >= 11 is 0. The highest BCUT2D eigenvalue weighted by Gasteiger charge is 2.17. The van der Waals surface area contributed by atoms with Gasteiger partial charge in [0.1, 0.15) is 0 Å². The Morgan fingerprint density at radius 2 is 1.82 bits per heavy atom. The minimum absolute atomic E-state index is 0. The number of carbonyl (C=O) groups is 2. The third-order valence-electron chi connectivity index (χ3n) is 2.92. The first-order valence-corrected chi connectivity index (χ1v) is 6.55. The van der Waals surface area contributed by atoms with Crippen molar-refractivity contribution < 1.29 is 18.4 Å². The molecule has 0 heterocycles. The molecule has 0 aromatic heterocycles. The molecular weight excluding hydrogens is 316 g/mol. The van der Waals surface area contributed by atoms with E-state index in [2.05, 4.69) is 10.6 Å². The lowest BCUT2D eigenvalue weighted by molar-refractivity contribution is -0.127. The Kier molecular flexibility index (Phi) is 8.59. The van der Waals surface area contributed by atoms with E-state index < -0.39 is 29.5 Å². The maximum absolute atomic E-state index is 13.0. The van der Waals surface area contributed by atoms with Crippen LogP contribution in [0.2, 0.25) is 0 Å². The van der Waals surface area contributed by atoms with Crippen LogP contribution in [0.25, 0.3) is 0 Å². The van der Waals surface area contributed by atoms with Crippen molar-refractivity contribution in [1.29, 1.82) is 0 Å². The minimum atomic E-state index is -0.974. The number of hydrogen-bond donors (Lipinski definition) is 3. The average Bonchev–Trinajstić information content (AvgIpc) is 2.44. The molecule has 0 saturated carbocycles. The first-order chi connectivity index (χ1) is 9.81. The summed E-state index contributed by atoms with van der Waals surface area (Å²) in [7, 11) is 0. The molecule has 0 saturated heterocycles. The Bertz CT molecular complexity index is 527. The number of benzene rings is 1. The molecule has 22 heavy (non-hydrogen) atoms. The lowest BCUT2D eigenvalue weighted by Crippen LogP contribution is -2.47. The predicted molar refractivity (Wildman–Crippen MR) is 81.3 cm³/mol. The zero-order valence-corrected chi connectivity index (χ0v) is 13.2. The highest BCUT2D eigenvalue weighted by molar-refractivity contribution is 5.87. The number of nitrogens with one attached hydrogen (secondary N) is 2. The number of hydrogen-bond acceptors (Lipinski definition) is 3. The predicted octanol–water partition coefficient (Wildman–Crippen LogP) is 1.10. The van der Waals surface area contributed by atoms with Gasteiger partial charge in [0.05, 0.1) is 12.6 Å². The molecule has 1 rings (SSSR count). The third-order valence-corrected chi connectivity index (χ3v) is 2.92. The van der Waals surface area contributed by atoms with Gasteiger partial charge in [-0.3, -0.25) is 9.59 Å². The van der Waals surface area contributed by atoms with Crippen LogP contribution in [0, 0.1) is 17.6 Å². The van der Waals surface area contributed by atoms with Gasteiger partial charge in [0.25, 0.3) is 0 Å². The number of rotatable bonds is 6. The molecule has 0 radical (unpaired) electrons. The molecule has 0 unspecified atom stereocenters. The SMILES string of the molecule is CC(C)[C@H](N)C(=O)NCC(=O)NCc1ccc(F)c(F)c1.Cl. The topological polar surface area (TPSA) is 84.2 Å². The second kappa shape index (κ2) is 9.32. The monoisotopic (exact) mass is 335 g/mol. The van der Waals surface area contributed by atoms with Crippen molar-refractivity contribution >= 4 is 24.2 Å². The van der Waals surface area contributed by atoms with Crippen LogP contribution in [0.3, 0.4) is 0 Å². The van der Waals surface area contributed by atoms with Gasteiger partial charge in [0, 0.05) is 6.54 Å². The van der Waals surface area contributed by atoms with Gasteiger partial charge in [-0.25, -0.2) is 8.78 Å². The highest BCUT2D eigenvalue weighted by atomic mass is 35.5. The molecule has 4 N–H and O–H groups in total. The fraction of sp³-hybridized carbons (Fsp3) is 0.429. The molecule has 0 bridgehead atoms. The van der Waals surface area contributed by atoms with Gasteiger partial charge >= 0.3 is 0 Å². The maximum atomic E-state index is 13.0. The molecular formula is C14H20ClF2N3O2. The normalized spacial score (nSPS) is 11.5. The summed E-state index contributed by atoms with van der Waals surface area (Å²) in [6, 6.07) is 2.68. The Balaban J connectivity index is 0.00000441. The Morgan fingerprint density at radius 1 is 1.18 bits per heavy atom. The van der Waals surface area contributed by atoms with Crippen molar-refractivity contribution in [3.8, 4) is 0 Å². The molecule has 5 nitrogen and oxygen atoms in total. The first kappa shape index (κ1) is 20.3. The second-order valence-corrected chi connectivity index (χ2v) is 5.01. The minimum Gasteiger partial charge on any atom is -0.350 e. The fourth-order valence-corrected chi connectivity index (χ4v) is 1.50. The summed E-state index contributed by atoms with van der Waals surface area (Å²) in [6.45, 7) is 3.42. The summed E-state index contributed by atoms with van der Waals surface area (Å²) in [6.07, 6.45) is 0. The Hall–Kier alpha value is -1.73. The van der Waals surface area contributed by atoms with Crippen molar-refractivity contribution in [2.24, 2.45) is 11.7 Å². The van der Waals surface area contributed by atoms with Crippen molar-refractivity contribution in [1.82, 2.24) is 10.6 Å². The van der Waals surface area contributed by atoms with Gasteiger partial charge in [-0.15, -0.1) is 12.4 Å². The molecule has 0 spiro atoms. The summed E-state index contributed by atoms with van der Waals surface area (Å²) in [5, 5.41) is 4.90. The number of carbonyl (C=O) groups excluding carboxylic acids is 2. The van der Waals surface area contributed by atoms with E-state index in [-0.39, 0.29) is 31.4 Å². The van der Waals surface area contributed by atoms with Crippen LogP contribution in [-0.4, -0.2) is 24.4 Å². The number of amides is 2. The molecule has 1 aromatic carbocycles. The van der Waals surface area contributed by atoms with Crippen LogP contribution < -0.4 is 16.4 Å². The van der Waals surface area contributed by atoms with E-state index in [1.807, 2.05) is 0 Å². The lowest BCUT2D eigenvalue weighted by Gasteiger charge is -2.15. The van der Waals surface area contributed by atoms with Crippen LogP contribution in [0.15, 0.2) is 18.2 Å². The van der Waals surface area contributed by atoms with E-state index in [0.717, 1.165) is 12.1 Å². The van der Waals surface area contributed by atoms with Gasteiger partial charge in [0.15, 0.2) is 11.6 Å². The summed E-state index contributed by atoms with van der Waals surface area (Å²) in [5.74, 6) is -2.80. The summed E-state index contributed by atoms with van der Waals surface area (Å²) < 4.78 is 25.7. The quantitative estimate of drug-likeness (QED) is 0.728. The van der Waals surface area contributed by atoms with E-state index in [9.17, 15) is 18.4 Å². The highest BCUT2D eigenvalue weighted by Crippen LogP contribution is 2.08. The molecule has 2 amide bonds. The van der Waals surface area contributed by atoms with Crippen LogP contribution >= 0.6 is 12.4 Å². The average molecular weight is 336 g/mol. The Labute approximate surface area is 134 Å². The summed E-state index contributed by atoms with van der Waals surface area (Å²) in [4.78, 5) is 23.1. The molecule has 1 aromatic rings. The fourth-order valence-electron chi connectivity index (χ4n) is 1.50. The molecule has 0 aliphatic carbocycles. The first-order valence-electron chi connectivity index (χ1n) is 6.55. The maximum Gasteiger partial charge on any atom is 0.239 e. The molecule has 0 fully saturated rings. The van der Waals surface area contributed by atoms with Crippen molar-refractivity contribution in [3.05, 3.63) is 35.4 Å². The van der Waals surface area contributed by atoms with Crippen molar-refractivity contribution in [2.45, 2.75) is 26.4 Å². The third kappa shape index (κ3) is 6.36. The van der Waals surface area contributed by atoms with Crippen molar-refractivity contribution in [2.75, 3.05) is 6.54 Å². The second-order valence-electron chi connectivity index (χ2n) is 5.01. The van der Waals surface area contributed by atoms with Gasteiger partial charge < -0.3 is 16.4 Å². The molecule has 0 aliphatic rings. The molecule has 0 aliphatic heterocycles. The smallest absolute Gasteiger partial charge is 0.239 e. The number of halogens is 3. The molecule has 8 heteroatoms. The van der Waals surface area contributed by atoms with E-state index in [0.29, 0.717) is 5.56 Å². The lowest BCUT2D eigenvalue weighted by atomic mass is 10.1. The van der Waals surface area contributed by atoms with Crippen LogP contribution in [0.1, 0.15) is 19.4 Å². The standard InChI is InChI=1S/C14H19F2N3O2.ClH/c1-8(2)13(17)14(21)19-7-12(20)18-6-9-3-4-10(15)11(16)5-9;/h3-5,8,13H,6-7,17H2,1-2H3,(H,18,20)(H,19,21);1H/t13-;/m0./s1. The van der Waals surface area contributed by atoms with E-state index >= 15 is 0 Å². The van der Waals surface area contributed by atoms with E-state index in [4.69, 9.17) is 5.73 Å². The van der Waals surface area contributed by atoms with Crippen LogP contribution in [0.4, 0.5) is 8.78 Å².